The smallest absolute Gasteiger partial charge is 0.465 e. The molecule has 0 saturated carbocycles. The topological polar surface area (TPSA) is 54.0 Å². The minimum Gasteiger partial charge on any atom is -0.465 e. The second kappa shape index (κ2) is 11.1. The quantitative estimate of drug-likeness (QED) is 0.190. The van der Waals surface area contributed by atoms with E-state index in [1.54, 1.807) is 0 Å². The van der Waals surface area contributed by atoms with Gasteiger partial charge in [0.2, 0.25) is 0 Å². The number of ether oxygens (including phenoxy) is 1. The highest BCUT2D eigenvalue weighted by molar-refractivity contribution is 9.12. The highest BCUT2D eigenvalue weighted by Gasteiger charge is 2.40. The first kappa shape index (κ1) is 22.5. The van der Waals surface area contributed by atoms with Crippen molar-refractivity contribution in [2.75, 3.05) is 26.4 Å². The summed E-state index contributed by atoms with van der Waals surface area (Å²) in [6.45, 7) is 11.6. The van der Waals surface area contributed by atoms with Crippen LogP contribution >= 0.6 is 31.9 Å². The number of hydrogen-bond donors (Lipinski definition) is 0. The van der Waals surface area contributed by atoms with Crippen LogP contribution in [0, 0.1) is 0 Å². The van der Waals surface area contributed by atoms with E-state index in [9.17, 15) is 4.79 Å². The Morgan fingerprint density at radius 1 is 1.09 bits per heavy atom. The van der Waals surface area contributed by atoms with E-state index in [0.717, 1.165) is 0 Å². The van der Waals surface area contributed by atoms with E-state index in [1.807, 2.05) is 34.6 Å². The number of esters is 1. The first-order chi connectivity index (χ1) is 10.2. The first-order valence-electron chi connectivity index (χ1n) is 7.63. The van der Waals surface area contributed by atoms with Crippen molar-refractivity contribution >= 4 is 46.6 Å². The fourth-order valence-electron chi connectivity index (χ4n) is 1.82. The number of alkyl halides is 2. The van der Waals surface area contributed by atoms with Gasteiger partial charge in [0.25, 0.3) is 0 Å². The van der Waals surface area contributed by atoms with Gasteiger partial charge in [-0.2, -0.15) is 0 Å². The van der Waals surface area contributed by atoms with Crippen LogP contribution in [0.25, 0.3) is 0 Å². The number of halogens is 2. The fraction of sp³-hybridized carbons (Fsp3) is 0.929. The molecular weight excluding hydrogens is 436 g/mol. The molecule has 0 N–H and O–H groups in total. The Morgan fingerprint density at radius 2 is 1.55 bits per heavy atom. The maximum atomic E-state index is 11.9. The van der Waals surface area contributed by atoms with Gasteiger partial charge in [0.05, 0.1) is 6.61 Å². The van der Waals surface area contributed by atoms with Gasteiger partial charge < -0.3 is 18.0 Å². The molecule has 0 spiro atoms. The van der Waals surface area contributed by atoms with Crippen LogP contribution in [-0.4, -0.2) is 50.4 Å². The van der Waals surface area contributed by atoms with Crippen LogP contribution < -0.4 is 0 Å². The van der Waals surface area contributed by atoms with Crippen molar-refractivity contribution in [2.45, 2.75) is 56.2 Å². The van der Waals surface area contributed by atoms with Crippen molar-refractivity contribution in [3.63, 3.8) is 0 Å². The van der Waals surface area contributed by atoms with E-state index in [2.05, 4.69) is 31.9 Å². The molecule has 5 nitrogen and oxygen atoms in total. The van der Waals surface area contributed by atoms with Gasteiger partial charge in [-0.05, 0) is 41.0 Å². The summed E-state index contributed by atoms with van der Waals surface area (Å²) in [7, 11) is -2.64. The van der Waals surface area contributed by atoms with Crippen LogP contribution in [-0.2, 0) is 22.8 Å². The zero-order valence-electron chi connectivity index (χ0n) is 14.1. The summed E-state index contributed by atoms with van der Waals surface area (Å²) in [4.78, 5) is 11.5. The summed E-state index contributed by atoms with van der Waals surface area (Å²) in [5.74, 6) is -0.279. The Kier molecular flexibility index (Phi) is 11.4. The van der Waals surface area contributed by atoms with Crippen molar-refractivity contribution in [2.24, 2.45) is 0 Å². The molecule has 0 aromatic heterocycles. The van der Waals surface area contributed by atoms with Crippen LogP contribution in [0.2, 0.25) is 6.04 Å². The van der Waals surface area contributed by atoms with E-state index in [0.29, 0.717) is 38.9 Å². The van der Waals surface area contributed by atoms with Gasteiger partial charge in [0, 0.05) is 30.2 Å². The number of carbonyl (C=O) groups is 1. The Balaban J connectivity index is 4.36. The molecule has 0 radical (unpaired) electrons. The molecule has 0 aliphatic carbocycles. The third-order valence-corrected chi connectivity index (χ3v) is 8.52. The van der Waals surface area contributed by atoms with Gasteiger partial charge in [-0.1, -0.05) is 31.9 Å². The predicted molar refractivity (Wildman–Crippen MR) is 96.7 cm³/mol. The van der Waals surface area contributed by atoms with Crippen LogP contribution in [0.3, 0.4) is 0 Å². The lowest BCUT2D eigenvalue weighted by Crippen LogP contribution is -2.46. The Hall–Kier alpha value is 0.527. The van der Waals surface area contributed by atoms with Crippen LogP contribution in [0.1, 0.15) is 41.0 Å². The van der Waals surface area contributed by atoms with Crippen molar-refractivity contribution < 1.29 is 22.8 Å². The minimum atomic E-state index is -2.64. The molecule has 22 heavy (non-hydrogen) atoms. The van der Waals surface area contributed by atoms with E-state index in [4.69, 9.17) is 18.0 Å². The third kappa shape index (κ3) is 8.40. The van der Waals surface area contributed by atoms with Crippen molar-refractivity contribution in [1.82, 2.24) is 0 Å². The Labute approximate surface area is 152 Å². The van der Waals surface area contributed by atoms with Gasteiger partial charge in [0.15, 0.2) is 0 Å². The van der Waals surface area contributed by atoms with Crippen LogP contribution in [0.4, 0.5) is 0 Å². The number of rotatable bonds is 12. The zero-order valence-corrected chi connectivity index (χ0v) is 18.3. The lowest BCUT2D eigenvalue weighted by Gasteiger charge is -2.28. The van der Waals surface area contributed by atoms with E-state index < -0.39 is 13.6 Å². The van der Waals surface area contributed by atoms with Crippen LogP contribution in [0.15, 0.2) is 0 Å². The average molecular weight is 464 g/mol. The van der Waals surface area contributed by atoms with Gasteiger partial charge in [0.1, 0.15) is 4.83 Å². The van der Waals surface area contributed by atoms with Crippen molar-refractivity contribution in [3.05, 3.63) is 0 Å². The van der Waals surface area contributed by atoms with E-state index in [-0.39, 0.29) is 10.3 Å². The highest BCUT2D eigenvalue weighted by Crippen LogP contribution is 2.28. The summed E-state index contributed by atoms with van der Waals surface area (Å²) in [6, 6.07) is 0.639. The zero-order chi connectivity index (χ0) is 17.2. The molecule has 8 heteroatoms. The maximum Gasteiger partial charge on any atom is 0.501 e. The standard InChI is InChI=1S/C14H28Br2O5Si/c1-6-19-22(20-7-2,21-8-3)11-9-10-18-13(17)12(15)14(4,5)16/h12H,6-11H2,1-5H3. The first-order valence-corrected chi connectivity index (χ1v) is 11.3. The summed E-state index contributed by atoms with van der Waals surface area (Å²) in [5.41, 5.74) is 0. The van der Waals surface area contributed by atoms with Crippen LogP contribution in [0.5, 0.6) is 0 Å². The monoisotopic (exact) mass is 462 g/mol. The molecule has 1 atom stereocenters. The molecule has 0 saturated heterocycles. The largest absolute Gasteiger partial charge is 0.501 e. The van der Waals surface area contributed by atoms with Crippen molar-refractivity contribution in [3.8, 4) is 0 Å². The lowest BCUT2D eigenvalue weighted by atomic mass is 10.1. The average Bonchev–Trinajstić information content (AvgIpc) is 2.42. The van der Waals surface area contributed by atoms with Gasteiger partial charge in [-0.3, -0.25) is 4.79 Å². The molecule has 1 unspecified atom stereocenters. The molecule has 132 valence electrons. The molecule has 0 aromatic rings. The second-order valence-corrected chi connectivity index (χ2v) is 10.9. The molecular formula is C14H28Br2O5Si. The van der Waals surface area contributed by atoms with Crippen molar-refractivity contribution in [1.29, 1.82) is 0 Å². The lowest BCUT2D eigenvalue weighted by molar-refractivity contribution is -0.143. The second-order valence-electron chi connectivity index (χ2n) is 5.18. The maximum absolute atomic E-state index is 11.9. The summed E-state index contributed by atoms with van der Waals surface area (Å²) in [6.07, 6.45) is 0.653. The van der Waals surface area contributed by atoms with Gasteiger partial charge >= 0.3 is 14.8 Å². The SMILES string of the molecule is CCO[Si](CCCOC(=O)C(Br)C(C)(C)Br)(OCC)OCC. The molecule has 0 bridgehead atoms. The molecule has 0 aromatic carbocycles. The van der Waals surface area contributed by atoms with E-state index >= 15 is 0 Å². The summed E-state index contributed by atoms with van der Waals surface area (Å²) >= 11 is 6.79. The minimum absolute atomic E-state index is 0.279. The summed E-state index contributed by atoms with van der Waals surface area (Å²) < 4.78 is 22.2. The molecule has 0 rings (SSSR count). The summed E-state index contributed by atoms with van der Waals surface area (Å²) in [5, 5.41) is 0. The molecule has 0 aliphatic heterocycles. The number of carbonyl (C=O) groups excluding carboxylic acids is 1. The number of hydrogen-bond acceptors (Lipinski definition) is 5. The molecule has 0 aliphatic rings. The Morgan fingerprint density at radius 3 is 1.91 bits per heavy atom. The predicted octanol–water partition coefficient (Wildman–Crippen LogP) is 3.91. The van der Waals surface area contributed by atoms with Gasteiger partial charge in [-0.25, -0.2) is 0 Å². The fourth-order valence-corrected chi connectivity index (χ4v) is 4.72. The molecule has 0 fully saturated rings. The normalized spacial score (nSPS) is 14.0. The Bertz CT molecular complexity index is 306. The van der Waals surface area contributed by atoms with Gasteiger partial charge in [-0.15, -0.1) is 0 Å². The molecule has 0 heterocycles. The van der Waals surface area contributed by atoms with E-state index in [1.165, 1.54) is 0 Å². The highest BCUT2D eigenvalue weighted by atomic mass is 79.9. The third-order valence-electron chi connectivity index (χ3n) is 2.77. The molecule has 0 amide bonds.